The van der Waals surface area contributed by atoms with Crippen molar-refractivity contribution in [2.24, 2.45) is 0 Å². The third-order valence-corrected chi connectivity index (χ3v) is 5.94. The molecule has 1 aromatic heterocycles. The van der Waals surface area contributed by atoms with Crippen LogP contribution in [0.1, 0.15) is 40.9 Å². The lowest BCUT2D eigenvalue weighted by Gasteiger charge is -2.19. The highest BCUT2D eigenvalue weighted by atomic mass is 16.2. The van der Waals surface area contributed by atoms with E-state index in [9.17, 15) is 19.2 Å². The highest BCUT2D eigenvalue weighted by Gasteiger charge is 2.18. The number of nitrogen functional groups attached to an aromatic ring is 1. The molecule has 2 aromatic carbocycles. The maximum atomic E-state index is 12.5. The van der Waals surface area contributed by atoms with Gasteiger partial charge in [0.2, 0.25) is 5.91 Å². The van der Waals surface area contributed by atoms with Gasteiger partial charge in [0.25, 0.3) is 5.56 Å². The molecular formula is C25H26N4O4. The molecule has 170 valence electrons. The zero-order valence-electron chi connectivity index (χ0n) is 18.2. The minimum Gasteiger partial charge on any atom is -0.399 e. The Morgan fingerprint density at radius 3 is 2.52 bits per heavy atom. The Labute approximate surface area is 190 Å². The minimum atomic E-state index is -0.496. The van der Waals surface area contributed by atoms with Gasteiger partial charge in [-0.2, -0.15) is 0 Å². The number of H-pyrrole nitrogens is 1. The zero-order valence-corrected chi connectivity index (χ0v) is 18.2. The molecule has 1 heterocycles. The normalized spacial score (nSPS) is 12.7. The standard InChI is InChI=1S/C25H26N4O4/c26-19-5-3-4-18(14-19)16-8-10-17(11-9-16)22(30)15-27-23(31)12-13-29-21-7-2-1-6-20(21)24(32)28-25(29)33/h3-5,8-11,14H,1-2,6-7,12-13,15,26H2,(H,27,31)(H,28,32,33). The van der Waals surface area contributed by atoms with Crippen LogP contribution in [0.4, 0.5) is 5.69 Å². The number of Topliss-reactive ketones (excluding diaryl/α,β-unsaturated/α-hetero) is 1. The molecule has 1 aliphatic carbocycles. The maximum Gasteiger partial charge on any atom is 0.328 e. The number of hydrogen-bond donors (Lipinski definition) is 3. The molecular weight excluding hydrogens is 420 g/mol. The fraction of sp³-hybridized carbons (Fsp3) is 0.280. The fourth-order valence-corrected chi connectivity index (χ4v) is 4.18. The van der Waals surface area contributed by atoms with Gasteiger partial charge in [-0.15, -0.1) is 0 Å². The lowest BCUT2D eigenvalue weighted by atomic mass is 9.97. The Balaban J connectivity index is 1.34. The molecule has 0 atom stereocenters. The minimum absolute atomic E-state index is 0.0417. The molecule has 4 rings (SSSR count). The van der Waals surface area contributed by atoms with Gasteiger partial charge in [0.15, 0.2) is 5.78 Å². The van der Waals surface area contributed by atoms with Gasteiger partial charge < -0.3 is 11.1 Å². The Morgan fingerprint density at radius 1 is 1.00 bits per heavy atom. The second kappa shape index (κ2) is 9.68. The molecule has 0 fully saturated rings. The molecule has 1 aliphatic rings. The van der Waals surface area contributed by atoms with E-state index in [-0.39, 0.29) is 36.8 Å². The summed E-state index contributed by atoms with van der Waals surface area (Å²) in [6, 6.07) is 14.6. The molecule has 4 N–H and O–H groups in total. The predicted octanol–water partition coefficient (Wildman–Crippen LogP) is 2.05. The zero-order chi connectivity index (χ0) is 23.4. The highest BCUT2D eigenvalue weighted by Crippen LogP contribution is 2.22. The van der Waals surface area contributed by atoms with Gasteiger partial charge in [-0.05, 0) is 48.9 Å². The maximum absolute atomic E-state index is 12.5. The largest absolute Gasteiger partial charge is 0.399 e. The van der Waals surface area contributed by atoms with Crippen LogP contribution in [0.2, 0.25) is 0 Å². The van der Waals surface area contributed by atoms with Gasteiger partial charge in [-0.3, -0.25) is 23.9 Å². The van der Waals surface area contributed by atoms with Crippen LogP contribution in [-0.2, 0) is 24.2 Å². The van der Waals surface area contributed by atoms with Crippen LogP contribution in [0, 0.1) is 0 Å². The Bertz CT molecular complexity index is 1310. The monoisotopic (exact) mass is 446 g/mol. The number of rotatable bonds is 7. The molecule has 0 saturated carbocycles. The van der Waals surface area contributed by atoms with Crippen molar-refractivity contribution in [3.63, 3.8) is 0 Å². The molecule has 0 bridgehead atoms. The van der Waals surface area contributed by atoms with Crippen LogP contribution in [0.5, 0.6) is 0 Å². The van der Waals surface area contributed by atoms with Crippen LogP contribution in [0.3, 0.4) is 0 Å². The first-order valence-electron chi connectivity index (χ1n) is 11.0. The summed E-state index contributed by atoms with van der Waals surface area (Å²) in [5.74, 6) is -0.538. The summed E-state index contributed by atoms with van der Waals surface area (Å²) < 4.78 is 1.48. The molecule has 3 aromatic rings. The number of nitrogens with zero attached hydrogens (tertiary/aromatic N) is 1. The van der Waals surface area contributed by atoms with E-state index in [1.165, 1.54) is 4.57 Å². The lowest BCUT2D eigenvalue weighted by molar-refractivity contribution is -0.121. The molecule has 0 spiro atoms. The Hall–Kier alpha value is -3.94. The van der Waals surface area contributed by atoms with E-state index < -0.39 is 5.69 Å². The van der Waals surface area contributed by atoms with E-state index in [1.54, 1.807) is 12.1 Å². The SMILES string of the molecule is Nc1cccc(-c2ccc(C(=O)CNC(=O)CCn3c4c(c(=O)[nH]c3=O)CCCC4)cc2)c1. The second-order valence-corrected chi connectivity index (χ2v) is 8.20. The van der Waals surface area contributed by atoms with Crippen LogP contribution >= 0.6 is 0 Å². The number of fused-ring (bicyclic) bond motifs is 1. The van der Waals surface area contributed by atoms with Crippen LogP contribution < -0.4 is 22.3 Å². The van der Waals surface area contributed by atoms with Gasteiger partial charge >= 0.3 is 5.69 Å². The van der Waals surface area contributed by atoms with E-state index in [2.05, 4.69) is 10.3 Å². The number of carbonyl (C=O) groups excluding carboxylic acids is 2. The first kappa shape index (κ1) is 22.3. The number of aromatic nitrogens is 2. The van der Waals surface area contributed by atoms with Crippen molar-refractivity contribution >= 4 is 17.4 Å². The molecule has 0 saturated heterocycles. The Morgan fingerprint density at radius 2 is 1.76 bits per heavy atom. The van der Waals surface area contributed by atoms with E-state index in [0.29, 0.717) is 29.7 Å². The summed E-state index contributed by atoms with van der Waals surface area (Å²) in [5, 5.41) is 2.62. The number of anilines is 1. The lowest BCUT2D eigenvalue weighted by Crippen LogP contribution is -2.38. The van der Waals surface area contributed by atoms with E-state index >= 15 is 0 Å². The highest BCUT2D eigenvalue weighted by molar-refractivity contribution is 5.99. The average molecular weight is 447 g/mol. The number of carbonyl (C=O) groups is 2. The third-order valence-electron chi connectivity index (χ3n) is 5.94. The van der Waals surface area contributed by atoms with E-state index in [1.807, 2.05) is 36.4 Å². The quantitative estimate of drug-likeness (QED) is 0.378. The first-order chi connectivity index (χ1) is 15.9. The molecule has 0 unspecified atom stereocenters. The van der Waals surface area contributed by atoms with Crippen LogP contribution in [-0.4, -0.2) is 27.8 Å². The van der Waals surface area contributed by atoms with Crippen molar-refractivity contribution in [2.45, 2.75) is 38.6 Å². The number of hydrogen-bond acceptors (Lipinski definition) is 5. The first-order valence-corrected chi connectivity index (χ1v) is 11.0. The topological polar surface area (TPSA) is 127 Å². The number of amides is 1. The van der Waals surface area contributed by atoms with E-state index in [0.717, 1.165) is 29.7 Å². The summed E-state index contributed by atoms with van der Waals surface area (Å²) in [6.07, 6.45) is 3.16. The van der Waals surface area contributed by atoms with E-state index in [4.69, 9.17) is 5.73 Å². The smallest absolute Gasteiger partial charge is 0.328 e. The third kappa shape index (κ3) is 5.11. The number of nitrogens with one attached hydrogen (secondary N) is 2. The average Bonchev–Trinajstić information content (AvgIpc) is 2.82. The Kier molecular flexibility index (Phi) is 6.53. The number of aromatic amines is 1. The van der Waals surface area contributed by atoms with Gasteiger partial charge in [0, 0.05) is 35.5 Å². The summed E-state index contributed by atoms with van der Waals surface area (Å²) >= 11 is 0. The molecule has 33 heavy (non-hydrogen) atoms. The van der Waals surface area contributed by atoms with Crippen LogP contribution in [0.25, 0.3) is 11.1 Å². The number of ketones is 1. The van der Waals surface area contributed by atoms with Crippen molar-refractivity contribution in [2.75, 3.05) is 12.3 Å². The van der Waals surface area contributed by atoms with Crippen molar-refractivity contribution in [3.05, 3.63) is 86.2 Å². The van der Waals surface area contributed by atoms with Crippen molar-refractivity contribution in [3.8, 4) is 11.1 Å². The summed E-state index contributed by atoms with van der Waals surface area (Å²) in [5.41, 5.74) is 9.42. The summed E-state index contributed by atoms with van der Waals surface area (Å²) in [6.45, 7) is 0.0297. The molecule has 0 aliphatic heterocycles. The van der Waals surface area contributed by atoms with Gasteiger partial charge in [0.1, 0.15) is 0 Å². The summed E-state index contributed by atoms with van der Waals surface area (Å²) in [4.78, 5) is 51.4. The number of benzene rings is 2. The molecule has 0 radical (unpaired) electrons. The van der Waals surface area contributed by atoms with Gasteiger partial charge in [-0.25, -0.2) is 4.79 Å². The van der Waals surface area contributed by atoms with Crippen molar-refractivity contribution < 1.29 is 9.59 Å². The van der Waals surface area contributed by atoms with Crippen molar-refractivity contribution in [1.82, 2.24) is 14.9 Å². The van der Waals surface area contributed by atoms with Gasteiger partial charge in [0.05, 0.1) is 6.54 Å². The summed E-state index contributed by atoms with van der Waals surface area (Å²) in [7, 11) is 0. The second-order valence-electron chi connectivity index (χ2n) is 8.20. The molecule has 8 nitrogen and oxygen atoms in total. The van der Waals surface area contributed by atoms with Crippen molar-refractivity contribution in [1.29, 1.82) is 0 Å². The van der Waals surface area contributed by atoms with Crippen LogP contribution in [0.15, 0.2) is 58.1 Å². The predicted molar refractivity (Wildman–Crippen MR) is 126 cm³/mol. The molecule has 1 amide bonds. The fourth-order valence-electron chi connectivity index (χ4n) is 4.18. The number of nitrogens with two attached hydrogens (primary N) is 1. The molecule has 8 heteroatoms. The van der Waals surface area contributed by atoms with Gasteiger partial charge in [-0.1, -0.05) is 36.4 Å².